The number of ether oxygens (including phenoxy) is 1. The van der Waals surface area contributed by atoms with Crippen molar-refractivity contribution in [1.29, 1.82) is 0 Å². The second-order valence-corrected chi connectivity index (χ2v) is 8.04. The molecule has 1 spiro atoms. The fourth-order valence-corrected chi connectivity index (χ4v) is 3.84. The van der Waals surface area contributed by atoms with Crippen molar-refractivity contribution in [3.63, 3.8) is 0 Å². The molecular formula is C20H31N3O2. The van der Waals surface area contributed by atoms with Crippen molar-refractivity contribution >= 4 is 5.91 Å². The highest BCUT2D eigenvalue weighted by Crippen LogP contribution is 2.40. The summed E-state index contributed by atoms with van der Waals surface area (Å²) in [5, 5.41) is 0. The van der Waals surface area contributed by atoms with Crippen LogP contribution >= 0.6 is 0 Å². The van der Waals surface area contributed by atoms with E-state index in [2.05, 4.69) is 30.8 Å². The SMILES string of the molecule is CC(C)N(C)C[C@H]1CCC2(CCN(C(=O)c3cccnc3)CC2)CO1. The average Bonchev–Trinajstić information content (AvgIpc) is 2.64. The smallest absolute Gasteiger partial charge is 0.255 e. The molecular weight excluding hydrogens is 314 g/mol. The Labute approximate surface area is 151 Å². The highest BCUT2D eigenvalue weighted by atomic mass is 16.5. The maximum atomic E-state index is 12.6. The molecule has 1 amide bonds. The number of carbonyl (C=O) groups is 1. The molecule has 0 N–H and O–H groups in total. The summed E-state index contributed by atoms with van der Waals surface area (Å²) in [5.41, 5.74) is 0.966. The Kier molecular flexibility index (Phi) is 5.74. The minimum Gasteiger partial charge on any atom is -0.376 e. The quantitative estimate of drug-likeness (QED) is 0.842. The molecule has 1 aromatic heterocycles. The van der Waals surface area contributed by atoms with Gasteiger partial charge in [-0.3, -0.25) is 9.78 Å². The summed E-state index contributed by atoms with van der Waals surface area (Å²) in [6.07, 6.45) is 8.16. The van der Waals surface area contributed by atoms with Gasteiger partial charge in [0.1, 0.15) is 0 Å². The van der Waals surface area contributed by atoms with Crippen LogP contribution in [0.4, 0.5) is 0 Å². The molecule has 3 heterocycles. The lowest BCUT2D eigenvalue weighted by Gasteiger charge is -2.46. The lowest BCUT2D eigenvalue weighted by Crippen LogP contribution is -2.49. The predicted octanol–water partition coefficient (Wildman–Crippen LogP) is 2.82. The van der Waals surface area contributed by atoms with Gasteiger partial charge in [0.05, 0.1) is 18.3 Å². The topological polar surface area (TPSA) is 45.7 Å². The van der Waals surface area contributed by atoms with Crippen molar-refractivity contribution in [3.05, 3.63) is 30.1 Å². The van der Waals surface area contributed by atoms with Gasteiger partial charge in [-0.2, -0.15) is 0 Å². The zero-order valence-corrected chi connectivity index (χ0v) is 15.8. The molecule has 0 aromatic carbocycles. The van der Waals surface area contributed by atoms with Crippen LogP contribution in [0.15, 0.2) is 24.5 Å². The van der Waals surface area contributed by atoms with Crippen molar-refractivity contribution in [2.45, 2.75) is 51.7 Å². The lowest BCUT2D eigenvalue weighted by atomic mass is 9.73. The summed E-state index contributed by atoms with van der Waals surface area (Å²) < 4.78 is 6.22. The summed E-state index contributed by atoms with van der Waals surface area (Å²) in [4.78, 5) is 20.9. The minimum atomic E-state index is 0.108. The van der Waals surface area contributed by atoms with E-state index in [1.807, 2.05) is 17.0 Å². The summed E-state index contributed by atoms with van der Waals surface area (Å²) in [5.74, 6) is 0.108. The van der Waals surface area contributed by atoms with E-state index < -0.39 is 0 Å². The van der Waals surface area contributed by atoms with Gasteiger partial charge >= 0.3 is 0 Å². The Morgan fingerprint density at radius 3 is 2.72 bits per heavy atom. The number of carbonyl (C=O) groups excluding carboxylic acids is 1. The Morgan fingerprint density at radius 2 is 2.16 bits per heavy atom. The Bertz CT molecular complexity index is 558. The van der Waals surface area contributed by atoms with Crippen LogP contribution in [0, 0.1) is 5.41 Å². The highest BCUT2D eigenvalue weighted by molar-refractivity contribution is 5.93. The first-order valence-corrected chi connectivity index (χ1v) is 9.50. The van der Waals surface area contributed by atoms with Crippen molar-refractivity contribution in [2.24, 2.45) is 5.41 Å². The van der Waals surface area contributed by atoms with Gasteiger partial charge in [-0.25, -0.2) is 0 Å². The molecule has 3 rings (SSSR count). The van der Waals surface area contributed by atoms with E-state index >= 15 is 0 Å². The molecule has 0 bridgehead atoms. The van der Waals surface area contributed by atoms with E-state index in [0.717, 1.165) is 45.5 Å². The number of hydrogen-bond donors (Lipinski definition) is 0. The summed E-state index contributed by atoms with van der Waals surface area (Å²) in [6.45, 7) is 7.96. The van der Waals surface area contributed by atoms with Crippen LogP contribution in [0.3, 0.4) is 0 Å². The zero-order valence-electron chi connectivity index (χ0n) is 15.8. The average molecular weight is 345 g/mol. The molecule has 1 aromatic rings. The fourth-order valence-electron chi connectivity index (χ4n) is 3.84. The van der Waals surface area contributed by atoms with Gasteiger partial charge in [0.15, 0.2) is 0 Å². The van der Waals surface area contributed by atoms with E-state index in [-0.39, 0.29) is 11.3 Å². The van der Waals surface area contributed by atoms with Crippen LogP contribution < -0.4 is 0 Å². The molecule has 0 unspecified atom stereocenters. The number of pyridine rings is 1. The van der Waals surface area contributed by atoms with Crippen molar-refractivity contribution in [3.8, 4) is 0 Å². The second-order valence-electron chi connectivity index (χ2n) is 8.04. The summed E-state index contributed by atoms with van der Waals surface area (Å²) in [7, 11) is 2.17. The largest absolute Gasteiger partial charge is 0.376 e. The van der Waals surface area contributed by atoms with Gasteiger partial charge < -0.3 is 14.5 Å². The van der Waals surface area contributed by atoms with Crippen LogP contribution in [0.2, 0.25) is 0 Å². The molecule has 2 aliphatic heterocycles. The van der Waals surface area contributed by atoms with Crippen LogP contribution in [-0.4, -0.2) is 66.1 Å². The third-order valence-electron chi connectivity index (χ3n) is 6.01. The molecule has 0 radical (unpaired) electrons. The van der Waals surface area contributed by atoms with Gasteiger partial charge in [-0.05, 0) is 64.1 Å². The lowest BCUT2D eigenvalue weighted by molar-refractivity contribution is -0.0915. The van der Waals surface area contributed by atoms with Crippen LogP contribution in [0.1, 0.15) is 49.9 Å². The molecule has 5 heteroatoms. The zero-order chi connectivity index (χ0) is 17.9. The van der Waals surface area contributed by atoms with Crippen molar-refractivity contribution in [1.82, 2.24) is 14.8 Å². The number of likely N-dealkylation sites (N-methyl/N-ethyl adjacent to an activating group) is 1. The standard InChI is InChI=1S/C20H31N3O2/c1-16(2)22(3)14-18-6-7-20(15-25-18)8-11-23(12-9-20)19(24)17-5-4-10-21-13-17/h4-5,10,13,16,18H,6-9,11-12,14-15H2,1-3H3/t18-/m1/s1. The fraction of sp³-hybridized carbons (Fsp3) is 0.700. The van der Waals surface area contributed by atoms with Crippen LogP contribution in [-0.2, 0) is 4.74 Å². The molecule has 2 saturated heterocycles. The summed E-state index contributed by atoms with van der Waals surface area (Å²) in [6, 6.07) is 4.22. The Morgan fingerprint density at radius 1 is 1.40 bits per heavy atom. The normalized spacial score (nSPS) is 23.4. The predicted molar refractivity (Wildman–Crippen MR) is 98.5 cm³/mol. The van der Waals surface area contributed by atoms with E-state index in [1.165, 1.54) is 6.42 Å². The molecule has 0 saturated carbocycles. The Balaban J connectivity index is 1.49. The number of amides is 1. The van der Waals surface area contributed by atoms with Gasteiger partial charge in [0.25, 0.3) is 5.91 Å². The number of piperidine rings is 1. The monoisotopic (exact) mass is 345 g/mol. The third-order valence-corrected chi connectivity index (χ3v) is 6.01. The van der Waals surface area contributed by atoms with E-state index in [9.17, 15) is 4.79 Å². The Hall–Kier alpha value is -1.46. The number of likely N-dealkylation sites (tertiary alicyclic amines) is 1. The third kappa shape index (κ3) is 4.39. The van der Waals surface area contributed by atoms with Crippen LogP contribution in [0.25, 0.3) is 0 Å². The number of rotatable bonds is 4. The van der Waals surface area contributed by atoms with Gasteiger partial charge in [0, 0.05) is 38.1 Å². The van der Waals surface area contributed by atoms with E-state index in [4.69, 9.17) is 4.74 Å². The second kappa shape index (κ2) is 7.83. The summed E-state index contributed by atoms with van der Waals surface area (Å²) >= 11 is 0. The van der Waals surface area contributed by atoms with E-state index in [1.54, 1.807) is 12.4 Å². The molecule has 1 atom stereocenters. The molecule has 138 valence electrons. The number of nitrogens with zero attached hydrogens (tertiary/aromatic N) is 3. The molecule has 5 nitrogen and oxygen atoms in total. The van der Waals surface area contributed by atoms with Gasteiger partial charge in [-0.15, -0.1) is 0 Å². The first-order chi connectivity index (χ1) is 12.0. The maximum Gasteiger partial charge on any atom is 0.255 e. The van der Waals surface area contributed by atoms with E-state index in [0.29, 0.717) is 17.7 Å². The molecule has 25 heavy (non-hydrogen) atoms. The van der Waals surface area contributed by atoms with Crippen molar-refractivity contribution in [2.75, 3.05) is 33.3 Å². The molecule has 2 fully saturated rings. The number of aromatic nitrogens is 1. The molecule has 2 aliphatic rings. The van der Waals surface area contributed by atoms with Gasteiger partial charge in [0.2, 0.25) is 0 Å². The maximum absolute atomic E-state index is 12.6. The molecule has 0 aliphatic carbocycles. The highest BCUT2D eigenvalue weighted by Gasteiger charge is 2.40. The first kappa shape index (κ1) is 18.3. The minimum absolute atomic E-state index is 0.108. The van der Waals surface area contributed by atoms with Crippen LogP contribution in [0.5, 0.6) is 0 Å². The first-order valence-electron chi connectivity index (χ1n) is 9.50. The van der Waals surface area contributed by atoms with Crippen molar-refractivity contribution < 1.29 is 9.53 Å². The van der Waals surface area contributed by atoms with Gasteiger partial charge in [-0.1, -0.05) is 0 Å². The number of hydrogen-bond acceptors (Lipinski definition) is 4.